The monoisotopic (exact) mass is 263 g/mol. The number of carbonyl (C=O) groups excluding carboxylic acids is 1. The fourth-order valence-corrected chi connectivity index (χ4v) is 1.71. The van der Waals surface area contributed by atoms with Crippen molar-refractivity contribution >= 4 is 23.3 Å². The second-order valence-corrected chi connectivity index (χ2v) is 3.89. The summed E-state index contributed by atoms with van der Waals surface area (Å²) < 4.78 is 4.65. The Morgan fingerprint density at radius 3 is 2.78 bits per heavy atom. The molecule has 92 valence electrons. The lowest BCUT2D eigenvalue weighted by Crippen LogP contribution is -2.08. The average Bonchev–Trinajstić information content (AvgIpc) is 2.40. The minimum Gasteiger partial charge on any atom is -0.464 e. The Kier molecular flexibility index (Phi) is 3.43. The highest BCUT2D eigenvalue weighted by molar-refractivity contribution is 6.33. The van der Waals surface area contributed by atoms with Crippen molar-refractivity contribution in [2.45, 2.75) is 0 Å². The summed E-state index contributed by atoms with van der Waals surface area (Å²) in [5, 5.41) is 0.440. The maximum absolute atomic E-state index is 11.6. The van der Waals surface area contributed by atoms with Crippen LogP contribution in [-0.2, 0) is 4.74 Å². The Labute approximate surface area is 109 Å². The van der Waals surface area contributed by atoms with E-state index in [4.69, 9.17) is 17.3 Å². The van der Waals surface area contributed by atoms with E-state index in [0.717, 1.165) is 0 Å². The average molecular weight is 264 g/mol. The molecule has 0 bridgehead atoms. The predicted octanol–water partition coefficient (Wildman–Crippen LogP) is 2.17. The van der Waals surface area contributed by atoms with Gasteiger partial charge in [-0.2, -0.15) is 0 Å². The number of nitrogens with zero attached hydrogens (tertiary/aromatic N) is 2. The molecule has 0 fully saturated rings. The maximum Gasteiger partial charge on any atom is 0.358 e. The highest BCUT2D eigenvalue weighted by Gasteiger charge is 2.18. The van der Waals surface area contributed by atoms with Gasteiger partial charge < -0.3 is 10.5 Å². The minimum atomic E-state index is -0.573. The number of anilines is 1. The van der Waals surface area contributed by atoms with Gasteiger partial charge in [-0.05, 0) is 18.2 Å². The molecule has 18 heavy (non-hydrogen) atoms. The van der Waals surface area contributed by atoms with E-state index in [1.807, 2.05) is 0 Å². The number of esters is 1. The zero-order valence-electron chi connectivity index (χ0n) is 9.55. The summed E-state index contributed by atoms with van der Waals surface area (Å²) in [4.78, 5) is 19.7. The summed E-state index contributed by atoms with van der Waals surface area (Å²) in [5.41, 5.74) is 7.22. The van der Waals surface area contributed by atoms with Crippen LogP contribution >= 0.6 is 11.6 Å². The van der Waals surface area contributed by atoms with Crippen molar-refractivity contribution in [2.24, 2.45) is 0 Å². The van der Waals surface area contributed by atoms with Gasteiger partial charge in [-0.3, -0.25) is 4.98 Å². The number of halogens is 1. The summed E-state index contributed by atoms with van der Waals surface area (Å²) in [7, 11) is 1.28. The number of nitrogen functional groups attached to an aromatic ring is 1. The van der Waals surface area contributed by atoms with E-state index in [1.54, 1.807) is 18.2 Å². The number of hydrogen-bond acceptors (Lipinski definition) is 5. The standard InChI is InChI=1S/C12H10ClN3O2/c1-18-12(17)11-10(15-4-5-16-11)8-6-7(14)2-3-9(8)13/h2-6H,14H2,1H3. The SMILES string of the molecule is COC(=O)c1nccnc1-c1cc(N)ccc1Cl. The zero-order valence-corrected chi connectivity index (χ0v) is 10.3. The molecule has 0 unspecified atom stereocenters. The van der Waals surface area contributed by atoms with Crippen LogP contribution in [0, 0.1) is 0 Å². The molecule has 0 saturated carbocycles. The summed E-state index contributed by atoms with van der Waals surface area (Å²) in [6, 6.07) is 4.95. The van der Waals surface area contributed by atoms with E-state index < -0.39 is 5.97 Å². The number of methoxy groups -OCH3 is 1. The molecule has 0 saturated heterocycles. The fourth-order valence-electron chi connectivity index (χ4n) is 1.51. The van der Waals surface area contributed by atoms with Crippen LogP contribution in [0.3, 0.4) is 0 Å². The van der Waals surface area contributed by atoms with Gasteiger partial charge in [0.25, 0.3) is 0 Å². The molecular formula is C12H10ClN3O2. The highest BCUT2D eigenvalue weighted by Crippen LogP contribution is 2.30. The van der Waals surface area contributed by atoms with Gasteiger partial charge in [-0.15, -0.1) is 0 Å². The molecule has 1 aromatic carbocycles. The molecule has 1 aromatic heterocycles. The summed E-state index contributed by atoms with van der Waals surface area (Å²) in [6.45, 7) is 0. The molecular weight excluding hydrogens is 254 g/mol. The van der Waals surface area contributed by atoms with Gasteiger partial charge >= 0.3 is 5.97 Å². The van der Waals surface area contributed by atoms with Gasteiger partial charge in [0.05, 0.1) is 12.1 Å². The van der Waals surface area contributed by atoms with Crippen LogP contribution in [0.4, 0.5) is 5.69 Å². The lowest BCUT2D eigenvalue weighted by atomic mass is 10.1. The first-order valence-corrected chi connectivity index (χ1v) is 5.46. The van der Waals surface area contributed by atoms with Crippen LogP contribution < -0.4 is 5.73 Å². The number of benzene rings is 1. The lowest BCUT2D eigenvalue weighted by molar-refractivity contribution is 0.0594. The maximum atomic E-state index is 11.6. The third-order valence-corrected chi connectivity index (χ3v) is 2.65. The second-order valence-electron chi connectivity index (χ2n) is 3.48. The van der Waals surface area contributed by atoms with Crippen molar-refractivity contribution in [1.82, 2.24) is 9.97 Å². The van der Waals surface area contributed by atoms with Gasteiger partial charge in [0.2, 0.25) is 0 Å². The van der Waals surface area contributed by atoms with E-state index in [1.165, 1.54) is 19.5 Å². The third-order valence-electron chi connectivity index (χ3n) is 2.32. The van der Waals surface area contributed by atoms with Gasteiger partial charge in [0.15, 0.2) is 5.69 Å². The van der Waals surface area contributed by atoms with Crippen molar-refractivity contribution in [1.29, 1.82) is 0 Å². The Morgan fingerprint density at radius 2 is 2.06 bits per heavy atom. The number of carbonyl (C=O) groups is 1. The van der Waals surface area contributed by atoms with Crippen molar-refractivity contribution < 1.29 is 9.53 Å². The summed E-state index contributed by atoms with van der Waals surface area (Å²) in [6.07, 6.45) is 2.89. The first-order chi connectivity index (χ1) is 8.63. The van der Waals surface area contributed by atoms with Crippen LogP contribution in [0.25, 0.3) is 11.3 Å². The molecule has 0 aliphatic heterocycles. The van der Waals surface area contributed by atoms with Gasteiger partial charge in [-0.25, -0.2) is 9.78 Å². The first kappa shape index (κ1) is 12.3. The molecule has 6 heteroatoms. The zero-order chi connectivity index (χ0) is 13.1. The Morgan fingerprint density at radius 1 is 1.33 bits per heavy atom. The largest absolute Gasteiger partial charge is 0.464 e. The number of aromatic nitrogens is 2. The number of ether oxygens (including phenoxy) is 1. The molecule has 2 N–H and O–H groups in total. The number of hydrogen-bond donors (Lipinski definition) is 1. The van der Waals surface area contributed by atoms with Crippen LogP contribution in [0.15, 0.2) is 30.6 Å². The normalized spacial score (nSPS) is 10.1. The first-order valence-electron chi connectivity index (χ1n) is 5.08. The molecule has 0 aliphatic carbocycles. The Hall–Kier alpha value is -2.14. The summed E-state index contributed by atoms with van der Waals surface area (Å²) in [5.74, 6) is -0.573. The van der Waals surface area contributed by atoms with E-state index >= 15 is 0 Å². The predicted molar refractivity (Wildman–Crippen MR) is 68.2 cm³/mol. The summed E-state index contributed by atoms with van der Waals surface area (Å²) >= 11 is 6.08. The molecule has 0 spiro atoms. The quantitative estimate of drug-likeness (QED) is 0.664. The van der Waals surface area contributed by atoms with E-state index in [0.29, 0.717) is 22.0 Å². The van der Waals surface area contributed by atoms with Crippen LogP contribution in [0.1, 0.15) is 10.5 Å². The highest BCUT2D eigenvalue weighted by atomic mass is 35.5. The Balaban J connectivity index is 2.64. The van der Waals surface area contributed by atoms with Crippen LogP contribution in [0.5, 0.6) is 0 Å². The van der Waals surface area contributed by atoms with Crippen molar-refractivity contribution in [3.8, 4) is 11.3 Å². The molecule has 0 amide bonds. The molecule has 2 rings (SSSR count). The van der Waals surface area contributed by atoms with Crippen LogP contribution in [0.2, 0.25) is 5.02 Å². The van der Waals surface area contributed by atoms with Crippen molar-refractivity contribution in [2.75, 3.05) is 12.8 Å². The molecule has 0 aliphatic rings. The van der Waals surface area contributed by atoms with Gasteiger partial charge in [0.1, 0.15) is 5.69 Å². The molecule has 0 radical (unpaired) electrons. The Bertz CT molecular complexity index is 602. The topological polar surface area (TPSA) is 78.1 Å². The van der Waals surface area contributed by atoms with Crippen LogP contribution in [-0.4, -0.2) is 23.0 Å². The van der Waals surface area contributed by atoms with E-state index in [2.05, 4.69) is 14.7 Å². The van der Waals surface area contributed by atoms with E-state index in [-0.39, 0.29) is 5.69 Å². The fraction of sp³-hybridized carbons (Fsp3) is 0.0833. The minimum absolute atomic E-state index is 0.104. The molecule has 0 atom stereocenters. The van der Waals surface area contributed by atoms with Crippen molar-refractivity contribution in [3.05, 3.63) is 41.3 Å². The van der Waals surface area contributed by atoms with Gasteiger partial charge in [0, 0.05) is 23.6 Å². The molecule has 2 aromatic rings. The smallest absolute Gasteiger partial charge is 0.358 e. The number of rotatable bonds is 2. The third kappa shape index (κ3) is 2.26. The second kappa shape index (κ2) is 5.01. The number of nitrogens with two attached hydrogens (primary N) is 1. The van der Waals surface area contributed by atoms with E-state index in [9.17, 15) is 4.79 Å². The molecule has 1 heterocycles. The molecule has 5 nitrogen and oxygen atoms in total. The van der Waals surface area contributed by atoms with Gasteiger partial charge in [-0.1, -0.05) is 11.6 Å². The van der Waals surface area contributed by atoms with Crippen molar-refractivity contribution in [3.63, 3.8) is 0 Å². The lowest BCUT2D eigenvalue weighted by Gasteiger charge is -2.08.